The number of nitrogens with zero attached hydrogens (tertiary/aromatic N) is 2. The van der Waals surface area contributed by atoms with Crippen LogP contribution >= 0.6 is 11.8 Å². The molecule has 0 saturated heterocycles. The number of hydrogen-bond acceptors (Lipinski definition) is 4. The highest BCUT2D eigenvalue weighted by atomic mass is 32.2. The molecule has 0 aliphatic rings. The first-order chi connectivity index (χ1) is 8.19. The summed E-state index contributed by atoms with van der Waals surface area (Å²) in [5, 5.41) is 9.94. The van der Waals surface area contributed by atoms with E-state index in [1.54, 1.807) is 16.3 Å². The molecule has 0 aromatic carbocycles. The van der Waals surface area contributed by atoms with E-state index in [1.165, 1.54) is 19.3 Å². The highest BCUT2D eigenvalue weighted by Crippen LogP contribution is 2.18. The first-order valence-electron chi connectivity index (χ1n) is 6.12. The maximum Gasteiger partial charge on any atom is 0.257 e. The molecule has 0 fully saturated rings. The Morgan fingerprint density at radius 1 is 1.35 bits per heavy atom. The smallest absolute Gasteiger partial charge is 0.257 e. The van der Waals surface area contributed by atoms with Crippen molar-refractivity contribution in [3.8, 4) is 5.88 Å². The minimum absolute atomic E-state index is 0.184. The van der Waals surface area contributed by atoms with E-state index in [4.69, 9.17) is 0 Å². The van der Waals surface area contributed by atoms with Crippen molar-refractivity contribution in [2.24, 2.45) is 0 Å². The lowest BCUT2D eigenvalue weighted by Crippen LogP contribution is -2.20. The van der Waals surface area contributed by atoms with Gasteiger partial charge in [0.1, 0.15) is 0 Å². The lowest BCUT2D eigenvalue weighted by Gasteiger charge is -2.08. The van der Waals surface area contributed by atoms with E-state index in [0.29, 0.717) is 11.7 Å². The summed E-state index contributed by atoms with van der Waals surface area (Å²) in [6, 6.07) is 1.16. The molecule has 17 heavy (non-hydrogen) atoms. The van der Waals surface area contributed by atoms with Crippen molar-refractivity contribution in [2.45, 2.75) is 51.2 Å². The van der Waals surface area contributed by atoms with Crippen LogP contribution in [0.1, 0.15) is 39.5 Å². The minimum atomic E-state index is -0.184. The number of hydrogen-bond donors (Lipinski definition) is 1. The van der Waals surface area contributed by atoms with Crippen LogP contribution in [0, 0.1) is 0 Å². The first-order valence-corrected chi connectivity index (χ1v) is 7.11. The van der Waals surface area contributed by atoms with Crippen LogP contribution in [0.15, 0.2) is 16.0 Å². The summed E-state index contributed by atoms with van der Waals surface area (Å²) in [4.78, 5) is 15.6. The van der Waals surface area contributed by atoms with Gasteiger partial charge >= 0.3 is 0 Å². The molecule has 0 atom stereocenters. The Bertz CT molecular complexity index is 404. The van der Waals surface area contributed by atoms with Gasteiger partial charge in [0.15, 0.2) is 5.16 Å². The molecule has 0 bridgehead atoms. The number of aromatic hydroxyl groups is 1. The molecule has 1 aromatic heterocycles. The van der Waals surface area contributed by atoms with Crippen molar-refractivity contribution < 1.29 is 5.11 Å². The highest BCUT2D eigenvalue weighted by molar-refractivity contribution is 7.99. The molecule has 0 radical (unpaired) electrons. The predicted molar refractivity (Wildman–Crippen MR) is 70.7 cm³/mol. The summed E-state index contributed by atoms with van der Waals surface area (Å²) in [5.41, 5.74) is -0.184. The first kappa shape index (κ1) is 14.1. The fourth-order valence-electron chi connectivity index (χ4n) is 1.57. The normalized spacial score (nSPS) is 10.7. The van der Waals surface area contributed by atoms with E-state index in [2.05, 4.69) is 11.9 Å². The number of rotatable bonds is 7. The van der Waals surface area contributed by atoms with Gasteiger partial charge in [-0.2, -0.15) is 4.98 Å². The molecule has 5 heteroatoms. The van der Waals surface area contributed by atoms with Gasteiger partial charge < -0.3 is 5.11 Å². The average Bonchev–Trinajstić information content (AvgIpc) is 2.28. The van der Waals surface area contributed by atoms with E-state index in [-0.39, 0.29) is 11.4 Å². The van der Waals surface area contributed by atoms with Crippen LogP contribution in [0.2, 0.25) is 0 Å². The summed E-state index contributed by atoms with van der Waals surface area (Å²) in [6.07, 6.45) is 4.79. The van der Waals surface area contributed by atoms with Crippen molar-refractivity contribution >= 4 is 11.8 Å². The lowest BCUT2D eigenvalue weighted by molar-refractivity contribution is 0.434. The van der Waals surface area contributed by atoms with Crippen molar-refractivity contribution in [2.75, 3.05) is 5.75 Å². The molecule has 96 valence electrons. The van der Waals surface area contributed by atoms with Crippen LogP contribution in [0.25, 0.3) is 0 Å². The summed E-state index contributed by atoms with van der Waals surface area (Å²) in [7, 11) is 0. The second kappa shape index (κ2) is 7.37. The molecule has 1 rings (SSSR count). The van der Waals surface area contributed by atoms with Crippen molar-refractivity contribution in [1.29, 1.82) is 0 Å². The standard InChI is InChI=1S/C12H20N2O2S/c1-3-5-6-7-8-17-12-13-10(15)9-11(16)14(12)4-2/h9,15H,3-8H2,1-2H3. The molecule has 4 nitrogen and oxygen atoms in total. The van der Waals surface area contributed by atoms with Crippen LogP contribution in [0.4, 0.5) is 0 Å². The van der Waals surface area contributed by atoms with E-state index >= 15 is 0 Å². The Hall–Kier alpha value is -0.970. The van der Waals surface area contributed by atoms with Crippen molar-refractivity contribution in [3.63, 3.8) is 0 Å². The third kappa shape index (κ3) is 4.42. The maximum absolute atomic E-state index is 11.6. The Kier molecular flexibility index (Phi) is 6.11. The van der Waals surface area contributed by atoms with E-state index in [1.807, 2.05) is 6.92 Å². The largest absolute Gasteiger partial charge is 0.493 e. The van der Waals surface area contributed by atoms with Crippen LogP contribution in [-0.2, 0) is 6.54 Å². The van der Waals surface area contributed by atoms with Gasteiger partial charge in [-0.15, -0.1) is 0 Å². The van der Waals surface area contributed by atoms with Crippen LogP contribution in [-0.4, -0.2) is 20.4 Å². The zero-order valence-electron chi connectivity index (χ0n) is 10.5. The van der Waals surface area contributed by atoms with E-state index < -0.39 is 0 Å². The lowest BCUT2D eigenvalue weighted by atomic mass is 10.2. The summed E-state index contributed by atoms with van der Waals surface area (Å²) in [6.45, 7) is 4.67. The molecule has 1 N–H and O–H groups in total. The summed E-state index contributed by atoms with van der Waals surface area (Å²) < 4.78 is 1.59. The molecule has 0 aliphatic carbocycles. The average molecular weight is 256 g/mol. The van der Waals surface area contributed by atoms with Crippen molar-refractivity contribution in [3.05, 3.63) is 16.4 Å². The molecule has 0 spiro atoms. The fourth-order valence-corrected chi connectivity index (χ4v) is 2.63. The zero-order chi connectivity index (χ0) is 12.7. The van der Waals surface area contributed by atoms with Gasteiger partial charge in [-0.1, -0.05) is 37.9 Å². The molecular weight excluding hydrogens is 236 g/mol. The SMILES string of the molecule is CCCCCCSc1nc(O)cc(=O)n1CC. The van der Waals surface area contributed by atoms with Gasteiger partial charge in [-0.3, -0.25) is 9.36 Å². The maximum atomic E-state index is 11.6. The molecular formula is C12H20N2O2S. The molecule has 0 amide bonds. The molecule has 0 unspecified atom stereocenters. The van der Waals surface area contributed by atoms with Gasteiger partial charge in [0.2, 0.25) is 5.88 Å². The van der Waals surface area contributed by atoms with E-state index in [0.717, 1.165) is 18.2 Å². The van der Waals surface area contributed by atoms with Gasteiger partial charge in [-0.05, 0) is 13.3 Å². The highest BCUT2D eigenvalue weighted by Gasteiger charge is 2.07. The number of aromatic nitrogens is 2. The molecule has 0 saturated carbocycles. The quantitative estimate of drug-likeness (QED) is 0.463. The van der Waals surface area contributed by atoms with Gasteiger partial charge in [0.25, 0.3) is 5.56 Å². The summed E-state index contributed by atoms with van der Waals surface area (Å²) in [5.74, 6) is 0.756. The second-order valence-electron chi connectivity index (χ2n) is 3.89. The van der Waals surface area contributed by atoms with Crippen LogP contribution < -0.4 is 5.56 Å². The van der Waals surface area contributed by atoms with Crippen LogP contribution in [0.3, 0.4) is 0 Å². The second-order valence-corrected chi connectivity index (χ2v) is 4.95. The minimum Gasteiger partial charge on any atom is -0.493 e. The Labute approximate surface area is 106 Å². The Morgan fingerprint density at radius 3 is 2.76 bits per heavy atom. The molecule has 0 aliphatic heterocycles. The van der Waals surface area contributed by atoms with E-state index in [9.17, 15) is 9.90 Å². The van der Waals surface area contributed by atoms with Gasteiger partial charge in [-0.25, -0.2) is 0 Å². The fraction of sp³-hybridized carbons (Fsp3) is 0.667. The third-order valence-electron chi connectivity index (χ3n) is 2.50. The van der Waals surface area contributed by atoms with Gasteiger partial charge in [0.05, 0.1) is 6.07 Å². The Morgan fingerprint density at radius 2 is 2.12 bits per heavy atom. The van der Waals surface area contributed by atoms with Crippen LogP contribution in [0.5, 0.6) is 5.88 Å². The topological polar surface area (TPSA) is 55.1 Å². The third-order valence-corrected chi connectivity index (χ3v) is 3.57. The van der Waals surface area contributed by atoms with Gasteiger partial charge in [0, 0.05) is 12.3 Å². The summed E-state index contributed by atoms with van der Waals surface area (Å²) >= 11 is 1.54. The zero-order valence-corrected chi connectivity index (χ0v) is 11.3. The predicted octanol–water partition coefficient (Wildman–Crippen LogP) is 2.64. The Balaban J connectivity index is 2.60. The van der Waals surface area contributed by atoms with Crippen molar-refractivity contribution in [1.82, 2.24) is 9.55 Å². The molecule has 1 heterocycles. The number of thioether (sulfide) groups is 1. The monoisotopic (exact) mass is 256 g/mol. The number of unbranched alkanes of at least 4 members (excludes halogenated alkanes) is 3. The molecule has 1 aromatic rings.